The molecule has 9 heteroatoms. The average molecular weight is 392 g/mol. The van der Waals surface area contributed by atoms with Crippen LogP contribution in [0.25, 0.3) is 16.6 Å². The van der Waals surface area contributed by atoms with Gasteiger partial charge >= 0.3 is 0 Å². The zero-order valence-electron chi connectivity index (χ0n) is 15.8. The van der Waals surface area contributed by atoms with Crippen molar-refractivity contribution in [1.82, 2.24) is 24.8 Å². The van der Waals surface area contributed by atoms with Gasteiger partial charge in [0.1, 0.15) is 11.4 Å². The summed E-state index contributed by atoms with van der Waals surface area (Å²) in [5, 5.41) is 36.2. The number of nitrogens with zero attached hydrogens (tertiary/aromatic N) is 6. The van der Waals surface area contributed by atoms with Gasteiger partial charge in [-0.1, -0.05) is 17.3 Å². The molecule has 0 aliphatic rings. The fraction of sp³-hybridized carbons (Fsp3) is 0.250. The van der Waals surface area contributed by atoms with Crippen LogP contribution in [0.4, 0.5) is 0 Å². The van der Waals surface area contributed by atoms with Crippen molar-refractivity contribution in [2.24, 2.45) is 5.16 Å². The summed E-state index contributed by atoms with van der Waals surface area (Å²) in [6.45, 7) is 1.09. The first-order chi connectivity index (χ1) is 14.2. The largest absolute Gasteiger partial charge is 0.392 e. The fourth-order valence-electron chi connectivity index (χ4n) is 2.88. The molecule has 29 heavy (non-hydrogen) atoms. The lowest BCUT2D eigenvalue weighted by atomic mass is 10.1. The summed E-state index contributed by atoms with van der Waals surface area (Å²) >= 11 is 0. The first-order valence-corrected chi connectivity index (χ1v) is 9.15. The summed E-state index contributed by atoms with van der Waals surface area (Å²) in [5.41, 5.74) is 3.74. The normalized spacial score (nSPS) is 12.2. The molecular weight excluding hydrogens is 372 g/mol. The van der Waals surface area contributed by atoms with E-state index < -0.39 is 6.10 Å². The van der Waals surface area contributed by atoms with Crippen molar-refractivity contribution < 1.29 is 15.1 Å². The number of aliphatic hydroxyl groups is 2. The number of pyridine rings is 1. The number of hydrogen-bond donors (Lipinski definition) is 2. The number of hydrogen-bond acceptors (Lipinski definition) is 8. The van der Waals surface area contributed by atoms with Crippen LogP contribution in [0, 0.1) is 0 Å². The van der Waals surface area contributed by atoms with Gasteiger partial charge in [-0.3, -0.25) is 4.98 Å². The Morgan fingerprint density at radius 2 is 2.00 bits per heavy atom. The Bertz CT molecular complexity index is 1170. The Labute approximate surface area is 166 Å². The highest BCUT2D eigenvalue weighted by Crippen LogP contribution is 2.16. The molecule has 0 saturated heterocycles. The van der Waals surface area contributed by atoms with E-state index in [0.717, 1.165) is 16.5 Å². The van der Waals surface area contributed by atoms with Crippen LogP contribution in [-0.4, -0.2) is 60.0 Å². The minimum Gasteiger partial charge on any atom is -0.392 e. The lowest BCUT2D eigenvalue weighted by Crippen LogP contribution is -2.20. The molecule has 0 bridgehead atoms. The number of aromatic nitrogens is 5. The summed E-state index contributed by atoms with van der Waals surface area (Å²) in [6, 6.07) is 13.6. The lowest BCUT2D eigenvalue weighted by molar-refractivity contribution is -0.0170. The van der Waals surface area contributed by atoms with Crippen LogP contribution in [-0.2, 0) is 11.3 Å². The topological polar surface area (TPSA) is 118 Å². The maximum atomic E-state index is 9.07. The molecule has 1 aromatic carbocycles. The highest BCUT2D eigenvalue weighted by Gasteiger charge is 2.12. The van der Waals surface area contributed by atoms with Gasteiger partial charge in [-0.25, -0.2) is 0 Å². The van der Waals surface area contributed by atoms with Gasteiger partial charge in [0.15, 0.2) is 17.6 Å². The van der Waals surface area contributed by atoms with E-state index in [1.807, 2.05) is 24.3 Å². The van der Waals surface area contributed by atoms with Crippen molar-refractivity contribution in [3.63, 3.8) is 0 Å². The van der Waals surface area contributed by atoms with Crippen LogP contribution >= 0.6 is 0 Å². The van der Waals surface area contributed by atoms with Gasteiger partial charge in [-0.05, 0) is 42.8 Å². The number of rotatable bonds is 7. The van der Waals surface area contributed by atoms with E-state index in [2.05, 4.69) is 31.5 Å². The lowest BCUT2D eigenvalue weighted by Gasteiger charge is -2.09. The molecule has 0 atom stereocenters. The Hall–Kier alpha value is -3.43. The molecule has 0 radical (unpaired) electrons. The molecule has 0 saturated carbocycles. The second-order valence-corrected chi connectivity index (χ2v) is 6.58. The minimum absolute atomic E-state index is 0.323. The summed E-state index contributed by atoms with van der Waals surface area (Å²) < 4.78 is 1.68. The zero-order valence-corrected chi connectivity index (χ0v) is 15.8. The standard InChI is InChI=1S/C20H20N6O3/c1-13(25-29-16(11-27)12-28)17-6-7-19-22-23-20(26(19)24-17)10-14-4-5-18-15(9-14)3-2-8-21-18/h2-9,16,27-28H,10-12H2,1H3/b25-13+. The van der Waals surface area contributed by atoms with Crippen molar-refractivity contribution in [2.45, 2.75) is 19.4 Å². The molecule has 0 amide bonds. The Morgan fingerprint density at radius 1 is 1.14 bits per heavy atom. The van der Waals surface area contributed by atoms with Gasteiger partial charge in [-0.2, -0.15) is 9.61 Å². The van der Waals surface area contributed by atoms with Crippen molar-refractivity contribution in [1.29, 1.82) is 0 Å². The molecule has 3 heterocycles. The van der Waals surface area contributed by atoms with Gasteiger partial charge in [0.05, 0.1) is 18.7 Å². The SMILES string of the molecule is C/C(=N\OC(CO)CO)c1ccc2nnc(Cc3ccc4ncccc4c3)n2n1. The molecule has 148 valence electrons. The molecule has 0 aliphatic carbocycles. The van der Waals surface area contributed by atoms with Crippen molar-refractivity contribution in [3.8, 4) is 0 Å². The molecule has 0 fully saturated rings. The monoisotopic (exact) mass is 392 g/mol. The highest BCUT2D eigenvalue weighted by atomic mass is 16.6. The van der Waals surface area contributed by atoms with Gasteiger partial charge in [0.2, 0.25) is 0 Å². The maximum Gasteiger partial charge on any atom is 0.177 e. The van der Waals surface area contributed by atoms with Gasteiger partial charge in [0.25, 0.3) is 0 Å². The molecular formula is C20H20N6O3. The average Bonchev–Trinajstić information content (AvgIpc) is 3.16. The van der Waals surface area contributed by atoms with Crippen LogP contribution in [0.3, 0.4) is 0 Å². The van der Waals surface area contributed by atoms with E-state index in [1.165, 1.54) is 0 Å². The van der Waals surface area contributed by atoms with Gasteiger partial charge in [0, 0.05) is 18.0 Å². The number of aliphatic hydroxyl groups excluding tert-OH is 2. The number of oxime groups is 1. The van der Waals surface area contributed by atoms with E-state index in [9.17, 15) is 0 Å². The fourth-order valence-corrected chi connectivity index (χ4v) is 2.88. The molecule has 0 spiro atoms. The molecule has 0 unspecified atom stereocenters. The summed E-state index contributed by atoms with van der Waals surface area (Å²) in [7, 11) is 0. The second-order valence-electron chi connectivity index (χ2n) is 6.58. The van der Waals surface area contributed by atoms with Crippen LogP contribution < -0.4 is 0 Å². The first-order valence-electron chi connectivity index (χ1n) is 9.15. The van der Waals surface area contributed by atoms with Crippen molar-refractivity contribution in [2.75, 3.05) is 13.2 Å². The van der Waals surface area contributed by atoms with E-state index in [4.69, 9.17) is 15.1 Å². The number of fused-ring (bicyclic) bond motifs is 2. The molecule has 9 nitrogen and oxygen atoms in total. The summed E-state index contributed by atoms with van der Waals surface area (Å²) in [5.74, 6) is 0.697. The van der Waals surface area contributed by atoms with Gasteiger partial charge in [-0.15, -0.1) is 10.2 Å². The predicted molar refractivity (Wildman–Crippen MR) is 107 cm³/mol. The summed E-state index contributed by atoms with van der Waals surface area (Å²) in [6.07, 6.45) is 1.57. The smallest absolute Gasteiger partial charge is 0.177 e. The van der Waals surface area contributed by atoms with Crippen LogP contribution in [0.2, 0.25) is 0 Å². The molecule has 4 aromatic rings. The van der Waals surface area contributed by atoms with Crippen LogP contribution in [0.5, 0.6) is 0 Å². The predicted octanol–water partition coefficient (Wildman–Crippen LogP) is 1.36. The Balaban J connectivity index is 1.61. The first kappa shape index (κ1) is 18.9. The third-order valence-corrected chi connectivity index (χ3v) is 4.47. The summed E-state index contributed by atoms with van der Waals surface area (Å²) in [4.78, 5) is 9.46. The van der Waals surface area contributed by atoms with E-state index in [-0.39, 0.29) is 13.2 Å². The molecule has 4 rings (SSSR count). The van der Waals surface area contributed by atoms with Crippen LogP contribution in [0.15, 0.2) is 53.8 Å². The molecule has 2 N–H and O–H groups in total. The third-order valence-electron chi connectivity index (χ3n) is 4.47. The highest BCUT2D eigenvalue weighted by molar-refractivity contribution is 5.96. The van der Waals surface area contributed by atoms with Crippen molar-refractivity contribution >= 4 is 22.3 Å². The third kappa shape index (κ3) is 4.05. The molecule has 3 aromatic heterocycles. The van der Waals surface area contributed by atoms with Crippen molar-refractivity contribution in [3.05, 3.63) is 65.7 Å². The van der Waals surface area contributed by atoms with Gasteiger partial charge < -0.3 is 15.1 Å². The zero-order chi connectivity index (χ0) is 20.2. The van der Waals surface area contributed by atoms with E-state index >= 15 is 0 Å². The quantitative estimate of drug-likeness (QED) is 0.360. The van der Waals surface area contributed by atoms with Crippen LogP contribution in [0.1, 0.15) is 24.0 Å². The maximum absolute atomic E-state index is 9.07. The Morgan fingerprint density at radius 3 is 2.83 bits per heavy atom. The van der Waals surface area contributed by atoms with E-state index in [0.29, 0.717) is 29.3 Å². The van der Waals surface area contributed by atoms with E-state index in [1.54, 1.807) is 29.8 Å². The second kappa shape index (κ2) is 8.29. The number of benzene rings is 1. The Kier molecular flexibility index (Phi) is 5.41. The minimum atomic E-state index is -0.762. The molecule has 0 aliphatic heterocycles.